The number of carbonyl (C=O) groups is 1. The van der Waals surface area contributed by atoms with Gasteiger partial charge in [-0.05, 0) is 42.3 Å². The number of benzene rings is 1. The van der Waals surface area contributed by atoms with E-state index in [2.05, 4.69) is 6.92 Å². The maximum atomic E-state index is 12.0. The molecule has 2 nitrogen and oxygen atoms in total. The van der Waals surface area contributed by atoms with Crippen molar-refractivity contribution in [3.8, 4) is 5.75 Å². The first-order valence-corrected chi connectivity index (χ1v) is 6.99. The van der Waals surface area contributed by atoms with E-state index in [0.717, 1.165) is 22.6 Å². The van der Waals surface area contributed by atoms with Crippen LogP contribution < -0.4 is 4.74 Å². The summed E-state index contributed by atoms with van der Waals surface area (Å²) in [4.78, 5) is 14.0. The minimum Gasteiger partial charge on any atom is -0.497 e. The molecule has 1 heterocycles. The number of rotatable bonds is 5. The smallest absolute Gasteiger partial charge is 0.195 e. The number of methoxy groups -OCH3 is 1. The Morgan fingerprint density at radius 2 is 2.16 bits per heavy atom. The third-order valence-electron chi connectivity index (χ3n) is 2.77. The molecule has 0 aliphatic rings. The van der Waals surface area contributed by atoms with E-state index in [4.69, 9.17) is 4.74 Å². The molecule has 0 bridgehead atoms. The van der Waals surface area contributed by atoms with E-state index in [1.165, 1.54) is 4.88 Å². The summed E-state index contributed by atoms with van der Waals surface area (Å²) in [5.41, 5.74) is 0.958. The first kappa shape index (κ1) is 13.6. The summed E-state index contributed by atoms with van der Waals surface area (Å²) >= 11 is 1.56. The van der Waals surface area contributed by atoms with Crippen molar-refractivity contribution >= 4 is 23.2 Å². The predicted molar refractivity (Wildman–Crippen MR) is 80.1 cm³/mol. The van der Waals surface area contributed by atoms with Crippen LogP contribution in [-0.2, 0) is 6.42 Å². The third-order valence-corrected chi connectivity index (χ3v) is 4.02. The molecule has 0 atom stereocenters. The molecule has 0 N–H and O–H groups in total. The van der Waals surface area contributed by atoms with E-state index in [9.17, 15) is 4.79 Å². The van der Waals surface area contributed by atoms with E-state index in [1.54, 1.807) is 24.5 Å². The average molecular weight is 272 g/mol. The van der Waals surface area contributed by atoms with Crippen molar-refractivity contribution in [2.45, 2.75) is 13.3 Å². The minimum atomic E-state index is 0.0486. The highest BCUT2D eigenvalue weighted by atomic mass is 32.1. The Labute approximate surface area is 117 Å². The van der Waals surface area contributed by atoms with E-state index >= 15 is 0 Å². The van der Waals surface area contributed by atoms with Gasteiger partial charge in [0, 0.05) is 4.88 Å². The summed E-state index contributed by atoms with van der Waals surface area (Å²) in [5, 5.41) is 0. The second-order valence-electron chi connectivity index (χ2n) is 4.09. The zero-order chi connectivity index (χ0) is 13.7. The molecule has 0 unspecified atom stereocenters. The summed E-state index contributed by atoms with van der Waals surface area (Å²) in [6, 6.07) is 11.5. The molecule has 0 spiro atoms. The van der Waals surface area contributed by atoms with Crippen molar-refractivity contribution in [2.24, 2.45) is 0 Å². The fourth-order valence-corrected chi connectivity index (χ4v) is 2.57. The average Bonchev–Trinajstić information content (AvgIpc) is 2.94. The van der Waals surface area contributed by atoms with Crippen molar-refractivity contribution in [3.05, 3.63) is 57.8 Å². The highest BCUT2D eigenvalue weighted by Gasteiger charge is 2.05. The standard InChI is InChI=1S/C16H16O2S/c1-3-14-8-10-16(19-14)15(17)9-7-12-5-4-6-13(11-12)18-2/h4-11H,3H2,1-2H3. The van der Waals surface area contributed by atoms with E-state index in [0.29, 0.717) is 0 Å². The molecule has 0 amide bonds. The third kappa shape index (κ3) is 3.55. The number of ether oxygens (including phenoxy) is 1. The number of aryl methyl sites for hydroxylation is 1. The van der Waals surface area contributed by atoms with Gasteiger partial charge in [-0.1, -0.05) is 25.1 Å². The number of hydrogen-bond donors (Lipinski definition) is 0. The maximum Gasteiger partial charge on any atom is 0.195 e. The van der Waals surface area contributed by atoms with Gasteiger partial charge in [0.15, 0.2) is 5.78 Å². The largest absolute Gasteiger partial charge is 0.497 e. The lowest BCUT2D eigenvalue weighted by Crippen LogP contribution is -1.89. The van der Waals surface area contributed by atoms with Crippen LogP contribution in [0.25, 0.3) is 6.08 Å². The Morgan fingerprint density at radius 3 is 2.84 bits per heavy atom. The first-order chi connectivity index (χ1) is 9.22. The summed E-state index contributed by atoms with van der Waals surface area (Å²) in [6.07, 6.45) is 4.40. The van der Waals surface area contributed by atoms with Crippen molar-refractivity contribution in [3.63, 3.8) is 0 Å². The van der Waals surface area contributed by atoms with Crippen LogP contribution in [0.4, 0.5) is 0 Å². The van der Waals surface area contributed by atoms with Gasteiger partial charge < -0.3 is 4.74 Å². The molecule has 2 aromatic rings. The number of carbonyl (C=O) groups excluding carboxylic acids is 1. The lowest BCUT2D eigenvalue weighted by Gasteiger charge is -1.99. The topological polar surface area (TPSA) is 26.3 Å². The first-order valence-electron chi connectivity index (χ1n) is 6.18. The van der Waals surface area contributed by atoms with Gasteiger partial charge in [-0.15, -0.1) is 11.3 Å². The van der Waals surface area contributed by atoms with Crippen molar-refractivity contribution in [1.29, 1.82) is 0 Å². The second-order valence-corrected chi connectivity index (χ2v) is 5.26. The van der Waals surface area contributed by atoms with Crippen molar-refractivity contribution in [1.82, 2.24) is 0 Å². The fourth-order valence-electron chi connectivity index (χ4n) is 1.70. The lowest BCUT2D eigenvalue weighted by atomic mass is 10.2. The highest BCUT2D eigenvalue weighted by molar-refractivity contribution is 7.14. The van der Waals surface area contributed by atoms with Gasteiger partial charge >= 0.3 is 0 Å². The SMILES string of the molecule is CCc1ccc(C(=O)C=Cc2cccc(OC)c2)s1. The zero-order valence-corrected chi connectivity index (χ0v) is 11.9. The van der Waals surface area contributed by atoms with Gasteiger partial charge in [0.2, 0.25) is 0 Å². The number of allylic oxidation sites excluding steroid dienone is 1. The Kier molecular flexibility index (Phi) is 4.53. The molecule has 0 saturated carbocycles. The molecule has 1 aromatic heterocycles. The molecule has 3 heteroatoms. The van der Waals surface area contributed by atoms with Gasteiger partial charge in [0.25, 0.3) is 0 Å². The molecule has 1 aromatic carbocycles. The predicted octanol–water partition coefficient (Wildman–Crippen LogP) is 4.22. The highest BCUT2D eigenvalue weighted by Crippen LogP contribution is 2.19. The second kappa shape index (κ2) is 6.34. The van der Waals surface area contributed by atoms with Gasteiger partial charge in [-0.25, -0.2) is 0 Å². The summed E-state index contributed by atoms with van der Waals surface area (Å²) in [5.74, 6) is 0.839. The van der Waals surface area contributed by atoms with E-state index in [-0.39, 0.29) is 5.78 Å². The van der Waals surface area contributed by atoms with Crippen molar-refractivity contribution in [2.75, 3.05) is 7.11 Å². The lowest BCUT2D eigenvalue weighted by molar-refractivity contribution is 0.105. The number of hydrogen-bond acceptors (Lipinski definition) is 3. The molecule has 98 valence electrons. The maximum absolute atomic E-state index is 12.0. The molecular weight excluding hydrogens is 256 g/mol. The van der Waals surface area contributed by atoms with E-state index < -0.39 is 0 Å². The Bertz CT molecular complexity index is 596. The Balaban J connectivity index is 2.11. The molecular formula is C16H16O2S. The molecule has 0 aliphatic carbocycles. The normalized spacial score (nSPS) is 10.8. The molecule has 0 radical (unpaired) electrons. The number of ketones is 1. The monoisotopic (exact) mass is 272 g/mol. The molecule has 0 saturated heterocycles. The van der Waals surface area contributed by atoms with Crippen LogP contribution in [0.5, 0.6) is 5.75 Å². The van der Waals surface area contributed by atoms with Crippen LogP contribution in [0, 0.1) is 0 Å². The Morgan fingerprint density at radius 1 is 1.32 bits per heavy atom. The van der Waals surface area contributed by atoms with Crippen LogP contribution in [-0.4, -0.2) is 12.9 Å². The van der Waals surface area contributed by atoms with Crippen LogP contribution in [0.1, 0.15) is 27.0 Å². The van der Waals surface area contributed by atoms with Crippen LogP contribution in [0.3, 0.4) is 0 Å². The van der Waals surface area contributed by atoms with Crippen LogP contribution in [0.2, 0.25) is 0 Å². The van der Waals surface area contributed by atoms with Gasteiger partial charge in [-0.2, -0.15) is 0 Å². The molecule has 2 rings (SSSR count). The van der Waals surface area contributed by atoms with Gasteiger partial charge in [-0.3, -0.25) is 4.79 Å². The fraction of sp³-hybridized carbons (Fsp3) is 0.188. The Hall–Kier alpha value is -1.87. The van der Waals surface area contributed by atoms with E-state index in [1.807, 2.05) is 42.5 Å². The summed E-state index contributed by atoms with van der Waals surface area (Å²) in [6.45, 7) is 2.09. The van der Waals surface area contributed by atoms with Gasteiger partial charge in [0.05, 0.1) is 12.0 Å². The minimum absolute atomic E-state index is 0.0486. The summed E-state index contributed by atoms with van der Waals surface area (Å²) < 4.78 is 5.15. The van der Waals surface area contributed by atoms with Crippen molar-refractivity contribution < 1.29 is 9.53 Å². The molecule has 19 heavy (non-hydrogen) atoms. The summed E-state index contributed by atoms with van der Waals surface area (Å²) in [7, 11) is 1.63. The van der Waals surface area contributed by atoms with Crippen LogP contribution in [0.15, 0.2) is 42.5 Å². The molecule has 0 fully saturated rings. The van der Waals surface area contributed by atoms with Gasteiger partial charge in [0.1, 0.15) is 5.75 Å². The quantitative estimate of drug-likeness (QED) is 0.602. The molecule has 0 aliphatic heterocycles. The van der Waals surface area contributed by atoms with Crippen LogP contribution >= 0.6 is 11.3 Å². The zero-order valence-electron chi connectivity index (χ0n) is 11.1. The number of thiophene rings is 1.